The number of hydrogen-bond donors (Lipinski definition) is 2. The molecule has 2 N–H and O–H groups in total. The van der Waals surface area contributed by atoms with Gasteiger partial charge in [-0.25, -0.2) is 13.4 Å². The fraction of sp³-hybridized carbons (Fsp3) is 0.263. The summed E-state index contributed by atoms with van der Waals surface area (Å²) in [4.78, 5) is 16.4. The number of nitrogens with one attached hydrogen (secondary N) is 2. The zero-order chi connectivity index (χ0) is 24.2. The van der Waals surface area contributed by atoms with Gasteiger partial charge in [-0.2, -0.15) is 13.2 Å². The molecule has 0 bridgehead atoms. The Bertz CT molecular complexity index is 1260. The number of alkyl halides is 3. The number of amides is 1. The molecule has 3 rings (SSSR count). The molecule has 14 heteroatoms. The SMILES string of the molecule is O=C(NCC(CS(=O)(=O)NC(F)(F)F)S(=O)Cc1ccc(Cl)cc1)c1ccc2ocnc2c1. The zero-order valence-corrected chi connectivity index (χ0v) is 19.0. The van der Waals surface area contributed by atoms with Gasteiger partial charge in [0.25, 0.3) is 5.91 Å². The smallest absolute Gasteiger partial charge is 0.443 e. The predicted molar refractivity (Wildman–Crippen MR) is 116 cm³/mol. The summed E-state index contributed by atoms with van der Waals surface area (Å²) in [7, 11) is -6.83. The summed E-state index contributed by atoms with van der Waals surface area (Å²) in [6.45, 7) is -0.450. The van der Waals surface area contributed by atoms with Crippen LogP contribution in [0, 0.1) is 0 Å². The van der Waals surface area contributed by atoms with E-state index in [9.17, 15) is 30.6 Å². The van der Waals surface area contributed by atoms with Crippen molar-refractivity contribution in [3.63, 3.8) is 0 Å². The van der Waals surface area contributed by atoms with Crippen LogP contribution in [0.3, 0.4) is 0 Å². The van der Waals surface area contributed by atoms with E-state index in [1.165, 1.54) is 36.7 Å². The van der Waals surface area contributed by atoms with Crippen LogP contribution < -0.4 is 10.0 Å². The van der Waals surface area contributed by atoms with E-state index in [-0.39, 0.29) is 11.3 Å². The lowest BCUT2D eigenvalue weighted by molar-refractivity contribution is -0.138. The molecule has 1 heterocycles. The molecule has 8 nitrogen and oxygen atoms in total. The van der Waals surface area contributed by atoms with Crippen LogP contribution in [0.5, 0.6) is 0 Å². The van der Waals surface area contributed by atoms with Gasteiger partial charge in [-0.3, -0.25) is 9.00 Å². The number of carbonyl (C=O) groups excluding carboxylic acids is 1. The molecule has 1 aromatic heterocycles. The van der Waals surface area contributed by atoms with Gasteiger partial charge in [0.15, 0.2) is 12.0 Å². The Labute approximate surface area is 194 Å². The van der Waals surface area contributed by atoms with Crippen molar-refractivity contribution in [1.82, 2.24) is 15.0 Å². The maximum Gasteiger partial charge on any atom is 0.470 e. The first kappa shape index (κ1) is 25.1. The first-order chi connectivity index (χ1) is 15.4. The monoisotopic (exact) mass is 523 g/mol. The van der Waals surface area contributed by atoms with Gasteiger partial charge in [-0.05, 0) is 35.9 Å². The van der Waals surface area contributed by atoms with Crippen molar-refractivity contribution in [2.45, 2.75) is 17.3 Å². The minimum Gasteiger partial charge on any atom is -0.443 e. The molecule has 0 aliphatic heterocycles. The molecular weight excluding hydrogens is 507 g/mol. The van der Waals surface area contributed by atoms with Crippen molar-refractivity contribution in [1.29, 1.82) is 0 Å². The van der Waals surface area contributed by atoms with E-state index in [1.54, 1.807) is 12.1 Å². The van der Waals surface area contributed by atoms with Gasteiger partial charge in [-0.15, -0.1) is 4.72 Å². The molecule has 0 fully saturated rings. The summed E-state index contributed by atoms with van der Waals surface area (Å²) >= 11 is 5.80. The van der Waals surface area contributed by atoms with Crippen LogP contribution in [0.2, 0.25) is 5.02 Å². The molecule has 0 saturated heterocycles. The summed E-state index contributed by atoms with van der Waals surface area (Å²) < 4.78 is 80.2. The standard InChI is InChI=1S/C19H17ClF3N3O5S2/c20-14-4-1-12(2-5-14)9-32(28)15(10-33(29,30)26-19(21,22)23)8-24-18(27)13-3-6-17-16(7-13)25-11-31-17/h1-7,11,15,26H,8-10H2,(H,24,27). The van der Waals surface area contributed by atoms with E-state index in [0.29, 0.717) is 26.4 Å². The molecule has 1 amide bonds. The van der Waals surface area contributed by atoms with Gasteiger partial charge < -0.3 is 9.73 Å². The Morgan fingerprint density at radius 1 is 1.18 bits per heavy atom. The summed E-state index contributed by atoms with van der Waals surface area (Å²) in [5.41, 5.74) is 1.54. The fourth-order valence-corrected chi connectivity index (χ4v) is 6.20. The van der Waals surface area contributed by atoms with Gasteiger partial charge in [-0.1, -0.05) is 23.7 Å². The lowest BCUT2D eigenvalue weighted by Gasteiger charge is -2.19. The molecule has 0 radical (unpaired) electrons. The lowest BCUT2D eigenvalue weighted by Crippen LogP contribution is -2.45. The number of aromatic nitrogens is 1. The summed E-state index contributed by atoms with van der Waals surface area (Å²) in [5.74, 6) is -1.91. The quantitative estimate of drug-likeness (QED) is 0.416. The van der Waals surface area contributed by atoms with Gasteiger partial charge in [0.05, 0.1) is 11.0 Å². The maximum absolute atomic E-state index is 12.9. The minimum atomic E-state index is -5.18. The van der Waals surface area contributed by atoms with E-state index < -0.39 is 50.6 Å². The Hall–Kier alpha value is -2.48. The highest BCUT2D eigenvalue weighted by atomic mass is 35.5. The Morgan fingerprint density at radius 3 is 2.55 bits per heavy atom. The number of fused-ring (bicyclic) bond motifs is 1. The van der Waals surface area contributed by atoms with E-state index >= 15 is 0 Å². The molecule has 2 aromatic carbocycles. The van der Waals surface area contributed by atoms with Gasteiger partial charge in [0.1, 0.15) is 5.52 Å². The summed E-state index contributed by atoms with van der Waals surface area (Å²) in [6, 6.07) is 10.6. The van der Waals surface area contributed by atoms with Crippen molar-refractivity contribution in [3.05, 3.63) is 65.0 Å². The number of hydrogen-bond acceptors (Lipinski definition) is 6. The van der Waals surface area contributed by atoms with Crippen LogP contribution in [0.1, 0.15) is 15.9 Å². The fourth-order valence-electron chi connectivity index (χ4n) is 2.86. The average Bonchev–Trinajstić information content (AvgIpc) is 3.18. The molecule has 0 aliphatic carbocycles. The van der Waals surface area contributed by atoms with E-state index in [2.05, 4.69) is 10.3 Å². The van der Waals surface area contributed by atoms with Crippen molar-refractivity contribution in [2.75, 3.05) is 12.3 Å². The van der Waals surface area contributed by atoms with Crippen LogP contribution in [0.15, 0.2) is 53.3 Å². The number of oxazole rings is 1. The van der Waals surface area contributed by atoms with Crippen molar-refractivity contribution < 1.29 is 35.0 Å². The molecule has 0 spiro atoms. The third kappa shape index (κ3) is 7.52. The third-order valence-electron chi connectivity index (χ3n) is 4.35. The topological polar surface area (TPSA) is 118 Å². The highest BCUT2D eigenvalue weighted by molar-refractivity contribution is 7.91. The largest absolute Gasteiger partial charge is 0.470 e. The predicted octanol–water partition coefficient (Wildman–Crippen LogP) is 2.97. The molecular formula is C19H17ClF3N3O5S2. The lowest BCUT2D eigenvalue weighted by atomic mass is 10.2. The maximum atomic E-state index is 12.9. The van der Waals surface area contributed by atoms with E-state index in [4.69, 9.17) is 16.0 Å². The Kier molecular flexibility index (Phi) is 7.77. The summed E-state index contributed by atoms with van der Waals surface area (Å²) in [5, 5.41) is 1.52. The van der Waals surface area contributed by atoms with Gasteiger partial charge in [0.2, 0.25) is 10.0 Å². The Morgan fingerprint density at radius 2 is 1.88 bits per heavy atom. The highest BCUT2D eigenvalue weighted by Crippen LogP contribution is 2.17. The molecule has 178 valence electrons. The second-order valence-electron chi connectivity index (χ2n) is 6.90. The van der Waals surface area contributed by atoms with E-state index in [0.717, 1.165) is 0 Å². The van der Waals surface area contributed by atoms with Crippen LogP contribution in [-0.4, -0.2) is 47.4 Å². The third-order valence-corrected chi connectivity index (χ3v) is 7.89. The van der Waals surface area contributed by atoms with Crippen molar-refractivity contribution in [3.8, 4) is 0 Å². The van der Waals surface area contributed by atoms with Gasteiger partial charge >= 0.3 is 6.30 Å². The molecule has 0 saturated carbocycles. The first-order valence-electron chi connectivity index (χ1n) is 9.23. The second kappa shape index (κ2) is 10.2. The minimum absolute atomic E-state index is 0.149. The number of nitrogens with zero attached hydrogens (tertiary/aromatic N) is 1. The molecule has 3 aromatic rings. The number of halogens is 4. The Balaban J connectivity index is 1.75. The number of rotatable bonds is 9. The summed E-state index contributed by atoms with van der Waals surface area (Å²) in [6.07, 6.45) is -3.99. The van der Waals surface area contributed by atoms with Crippen molar-refractivity contribution in [2.24, 2.45) is 0 Å². The van der Waals surface area contributed by atoms with Crippen molar-refractivity contribution >= 4 is 49.4 Å². The normalized spacial score (nSPS) is 14.2. The molecule has 0 aliphatic rings. The van der Waals surface area contributed by atoms with Crippen LogP contribution in [0.4, 0.5) is 13.2 Å². The average molecular weight is 524 g/mol. The zero-order valence-electron chi connectivity index (χ0n) is 16.6. The highest BCUT2D eigenvalue weighted by Gasteiger charge is 2.36. The molecule has 2 atom stereocenters. The van der Waals surface area contributed by atoms with Gasteiger partial charge in [0, 0.05) is 33.7 Å². The van der Waals surface area contributed by atoms with Crippen LogP contribution >= 0.6 is 11.6 Å². The number of sulfonamides is 1. The van der Waals surface area contributed by atoms with Crippen LogP contribution in [0.25, 0.3) is 11.1 Å². The number of benzene rings is 2. The molecule has 33 heavy (non-hydrogen) atoms. The van der Waals surface area contributed by atoms with E-state index in [1.807, 2.05) is 0 Å². The van der Waals surface area contributed by atoms with Crippen LogP contribution in [-0.2, 0) is 26.6 Å². The number of carbonyl (C=O) groups is 1. The molecule has 2 unspecified atom stereocenters. The first-order valence-corrected chi connectivity index (χ1v) is 12.6. The second-order valence-corrected chi connectivity index (χ2v) is 10.8.